The highest BCUT2D eigenvalue weighted by Crippen LogP contribution is 2.31. The number of sulfonamides is 1. The minimum absolute atomic E-state index is 0.0378. The average Bonchev–Trinajstić information content (AvgIpc) is 2.88. The number of rotatable bonds is 11. The molecule has 1 N–H and O–H groups in total. The van der Waals surface area contributed by atoms with Crippen LogP contribution >= 0.6 is 11.6 Å². The zero-order valence-corrected chi connectivity index (χ0v) is 24.6. The largest absolute Gasteiger partial charge is 0.352 e. The second-order valence-electron chi connectivity index (χ2n) is 9.81. The van der Waals surface area contributed by atoms with Crippen LogP contribution in [-0.4, -0.2) is 43.8 Å². The van der Waals surface area contributed by atoms with Crippen LogP contribution < -0.4 is 9.62 Å². The van der Waals surface area contributed by atoms with Crippen LogP contribution in [0.2, 0.25) is 5.02 Å². The van der Waals surface area contributed by atoms with Gasteiger partial charge in [0.05, 0.1) is 15.6 Å². The first-order valence-electron chi connectivity index (χ1n) is 12.9. The van der Waals surface area contributed by atoms with E-state index in [0.717, 1.165) is 21.0 Å². The average molecular weight is 570 g/mol. The highest BCUT2D eigenvalue weighted by atomic mass is 35.5. The second-order valence-corrected chi connectivity index (χ2v) is 12.1. The van der Waals surface area contributed by atoms with Gasteiger partial charge in [0.15, 0.2) is 0 Å². The van der Waals surface area contributed by atoms with Gasteiger partial charge in [-0.3, -0.25) is 13.9 Å². The zero-order valence-electron chi connectivity index (χ0n) is 23.0. The normalized spacial score (nSPS) is 12.2. The molecule has 39 heavy (non-hydrogen) atoms. The maximum absolute atomic E-state index is 14.1. The van der Waals surface area contributed by atoms with Crippen molar-refractivity contribution >= 4 is 39.1 Å². The Kier molecular flexibility index (Phi) is 10.2. The van der Waals surface area contributed by atoms with Gasteiger partial charge >= 0.3 is 0 Å². The highest BCUT2D eigenvalue weighted by Gasteiger charge is 2.34. The Morgan fingerprint density at radius 1 is 0.923 bits per heavy atom. The fourth-order valence-corrected chi connectivity index (χ4v) is 6.00. The van der Waals surface area contributed by atoms with Gasteiger partial charge in [0, 0.05) is 12.6 Å². The SMILES string of the molecule is CC[C@H](C(=O)NC(C)C)N(Cc1ccccc1C)C(=O)CN(c1ccccc1Cl)S(=O)(=O)c1ccc(C)cc1. The van der Waals surface area contributed by atoms with Crippen LogP contribution in [0.4, 0.5) is 5.69 Å². The number of nitrogens with zero attached hydrogens (tertiary/aromatic N) is 2. The third kappa shape index (κ3) is 7.40. The van der Waals surface area contributed by atoms with E-state index in [1.165, 1.54) is 17.0 Å². The lowest BCUT2D eigenvalue weighted by atomic mass is 10.1. The van der Waals surface area contributed by atoms with E-state index in [0.29, 0.717) is 6.42 Å². The van der Waals surface area contributed by atoms with Crippen molar-refractivity contribution in [2.24, 2.45) is 0 Å². The maximum Gasteiger partial charge on any atom is 0.264 e. The summed E-state index contributed by atoms with van der Waals surface area (Å²) < 4.78 is 28.8. The minimum Gasteiger partial charge on any atom is -0.352 e. The Morgan fingerprint density at radius 2 is 1.54 bits per heavy atom. The standard InChI is InChI=1S/C30H36ClN3O4S/c1-6-27(30(36)32-21(2)3)33(19-24-12-8-7-11-23(24)5)29(35)20-34(28-14-10-9-13-26(28)31)39(37,38)25-17-15-22(4)16-18-25/h7-18,21,27H,6,19-20H2,1-5H3,(H,32,36)/t27-/m1/s1. The predicted molar refractivity (Wildman–Crippen MR) is 156 cm³/mol. The summed E-state index contributed by atoms with van der Waals surface area (Å²) in [5.74, 6) is -0.806. The van der Waals surface area contributed by atoms with Crippen LogP contribution in [0.5, 0.6) is 0 Å². The lowest BCUT2D eigenvalue weighted by Crippen LogP contribution is -2.53. The summed E-state index contributed by atoms with van der Waals surface area (Å²) >= 11 is 6.45. The molecule has 0 aliphatic carbocycles. The zero-order chi connectivity index (χ0) is 28.7. The predicted octanol–water partition coefficient (Wildman–Crippen LogP) is 5.48. The second kappa shape index (κ2) is 13.1. The van der Waals surface area contributed by atoms with Gasteiger partial charge in [-0.2, -0.15) is 0 Å². The molecule has 0 aliphatic heterocycles. The summed E-state index contributed by atoms with van der Waals surface area (Å²) in [6, 6.07) is 19.6. The molecule has 0 bridgehead atoms. The number of carbonyl (C=O) groups excluding carboxylic acids is 2. The molecular weight excluding hydrogens is 534 g/mol. The van der Waals surface area contributed by atoms with Gasteiger partial charge in [-0.25, -0.2) is 8.42 Å². The minimum atomic E-state index is -4.17. The van der Waals surface area contributed by atoms with E-state index in [4.69, 9.17) is 11.6 Å². The molecule has 0 aromatic heterocycles. The van der Waals surface area contributed by atoms with E-state index in [1.54, 1.807) is 36.4 Å². The Labute approximate surface area is 236 Å². The fraction of sp³-hybridized carbons (Fsp3) is 0.333. The van der Waals surface area contributed by atoms with Crippen molar-refractivity contribution in [3.63, 3.8) is 0 Å². The smallest absolute Gasteiger partial charge is 0.264 e. The number of para-hydroxylation sites is 1. The molecule has 0 spiro atoms. The molecule has 0 radical (unpaired) electrons. The van der Waals surface area contributed by atoms with E-state index < -0.39 is 28.5 Å². The molecule has 0 saturated heterocycles. The molecule has 9 heteroatoms. The Balaban J connectivity index is 2.09. The van der Waals surface area contributed by atoms with E-state index in [9.17, 15) is 18.0 Å². The molecule has 7 nitrogen and oxygen atoms in total. The number of benzene rings is 3. The van der Waals surface area contributed by atoms with Gasteiger partial charge in [-0.05, 0) is 69.5 Å². The van der Waals surface area contributed by atoms with Crippen molar-refractivity contribution in [2.75, 3.05) is 10.8 Å². The topological polar surface area (TPSA) is 86.8 Å². The summed E-state index contributed by atoms with van der Waals surface area (Å²) in [5.41, 5.74) is 2.92. The number of carbonyl (C=O) groups is 2. The third-order valence-corrected chi connectivity index (χ3v) is 8.52. The van der Waals surface area contributed by atoms with Gasteiger partial charge in [-0.1, -0.05) is 72.6 Å². The lowest BCUT2D eigenvalue weighted by molar-refractivity contribution is -0.140. The van der Waals surface area contributed by atoms with E-state index >= 15 is 0 Å². The molecule has 3 rings (SSSR count). The van der Waals surface area contributed by atoms with Crippen molar-refractivity contribution in [1.82, 2.24) is 10.2 Å². The highest BCUT2D eigenvalue weighted by molar-refractivity contribution is 7.92. The lowest BCUT2D eigenvalue weighted by Gasteiger charge is -2.34. The third-order valence-electron chi connectivity index (χ3n) is 6.43. The monoisotopic (exact) mass is 569 g/mol. The molecule has 2 amide bonds. The number of hydrogen-bond donors (Lipinski definition) is 1. The quantitative estimate of drug-likeness (QED) is 0.331. The molecule has 0 heterocycles. The first-order valence-corrected chi connectivity index (χ1v) is 14.8. The number of aryl methyl sites for hydroxylation is 2. The number of amides is 2. The first kappa shape index (κ1) is 30.2. The van der Waals surface area contributed by atoms with Gasteiger partial charge in [0.2, 0.25) is 11.8 Å². The van der Waals surface area contributed by atoms with Crippen molar-refractivity contribution < 1.29 is 18.0 Å². The Bertz CT molecular complexity index is 1410. The number of hydrogen-bond acceptors (Lipinski definition) is 4. The number of nitrogens with one attached hydrogen (secondary N) is 1. The van der Waals surface area contributed by atoms with E-state index in [1.807, 2.05) is 58.9 Å². The molecule has 1 atom stereocenters. The summed E-state index contributed by atoms with van der Waals surface area (Å²) in [7, 11) is -4.17. The number of anilines is 1. The Hall–Kier alpha value is -3.36. The molecule has 0 fully saturated rings. The summed E-state index contributed by atoms with van der Waals surface area (Å²) in [6.07, 6.45) is 0.354. The van der Waals surface area contributed by atoms with Gasteiger partial charge in [0.25, 0.3) is 10.0 Å². The molecule has 0 saturated carbocycles. The van der Waals surface area contributed by atoms with Crippen LogP contribution in [0.25, 0.3) is 0 Å². The van der Waals surface area contributed by atoms with Crippen LogP contribution in [0.1, 0.15) is 43.9 Å². The van der Waals surface area contributed by atoms with Crippen LogP contribution in [0.3, 0.4) is 0 Å². The van der Waals surface area contributed by atoms with Gasteiger partial charge < -0.3 is 10.2 Å². The molecule has 3 aromatic carbocycles. The van der Waals surface area contributed by atoms with Crippen LogP contribution in [0, 0.1) is 13.8 Å². The van der Waals surface area contributed by atoms with Gasteiger partial charge in [-0.15, -0.1) is 0 Å². The maximum atomic E-state index is 14.1. The summed E-state index contributed by atoms with van der Waals surface area (Å²) in [4.78, 5) is 28.8. The van der Waals surface area contributed by atoms with Crippen molar-refractivity contribution in [3.05, 3.63) is 94.5 Å². The van der Waals surface area contributed by atoms with Crippen molar-refractivity contribution in [2.45, 2.75) is 64.6 Å². The first-order chi connectivity index (χ1) is 18.4. The summed E-state index contributed by atoms with van der Waals surface area (Å²) in [5, 5.41) is 3.09. The molecule has 0 unspecified atom stereocenters. The fourth-order valence-electron chi connectivity index (χ4n) is 4.28. The van der Waals surface area contributed by atoms with Crippen LogP contribution in [0.15, 0.2) is 77.7 Å². The van der Waals surface area contributed by atoms with Crippen LogP contribution in [-0.2, 0) is 26.2 Å². The summed E-state index contributed by atoms with van der Waals surface area (Å²) in [6.45, 7) is 8.95. The van der Waals surface area contributed by atoms with E-state index in [2.05, 4.69) is 5.32 Å². The van der Waals surface area contributed by atoms with Crippen molar-refractivity contribution in [1.29, 1.82) is 0 Å². The van der Waals surface area contributed by atoms with E-state index in [-0.39, 0.29) is 34.1 Å². The van der Waals surface area contributed by atoms with Gasteiger partial charge in [0.1, 0.15) is 12.6 Å². The Morgan fingerprint density at radius 3 is 2.13 bits per heavy atom. The van der Waals surface area contributed by atoms with Crippen molar-refractivity contribution in [3.8, 4) is 0 Å². The molecule has 208 valence electrons. The molecule has 3 aromatic rings. The molecule has 0 aliphatic rings. The number of halogens is 1. The molecular formula is C30H36ClN3O4S.